The number of rotatable bonds is 7. The number of likely N-dealkylation sites (tertiary alicyclic amines) is 1. The number of ether oxygens (including phenoxy) is 1. The number of ketones is 1. The van der Waals surface area contributed by atoms with Crippen LogP contribution in [0.25, 0.3) is 11.1 Å². The fourth-order valence-electron chi connectivity index (χ4n) is 3.21. The molecule has 1 aliphatic heterocycles. The largest absolute Gasteiger partial charge is 0.495 e. The molecule has 1 saturated heterocycles. The van der Waals surface area contributed by atoms with E-state index < -0.39 is 36.0 Å². The predicted molar refractivity (Wildman–Crippen MR) is 105 cm³/mol. The molecule has 0 bridgehead atoms. The van der Waals surface area contributed by atoms with E-state index >= 15 is 0 Å². The summed E-state index contributed by atoms with van der Waals surface area (Å²) in [6, 6.07) is 9.36. The molecule has 2 amide bonds. The van der Waals surface area contributed by atoms with Gasteiger partial charge in [0.15, 0.2) is 11.7 Å². The van der Waals surface area contributed by atoms with E-state index in [0.29, 0.717) is 5.75 Å². The molecule has 1 unspecified atom stereocenters. The van der Waals surface area contributed by atoms with Crippen molar-refractivity contribution in [3.05, 3.63) is 48.3 Å². The number of Topliss-reactive ketones (excluding diaryl/α,β-unsaturated/α-hetero) is 1. The number of aromatic nitrogens is 1. The van der Waals surface area contributed by atoms with Crippen LogP contribution in [0.1, 0.15) is 12.0 Å². The number of amides is 2. The average Bonchev–Trinajstić information content (AvgIpc) is 2.75. The van der Waals surface area contributed by atoms with Crippen molar-refractivity contribution in [3.8, 4) is 16.9 Å². The van der Waals surface area contributed by atoms with Gasteiger partial charge in [0.25, 0.3) is 0 Å². The van der Waals surface area contributed by atoms with E-state index in [1.807, 2.05) is 30.3 Å². The number of pyridine rings is 1. The lowest BCUT2D eigenvalue weighted by atomic mass is 9.94. The lowest BCUT2D eigenvalue weighted by molar-refractivity contribution is -0.152. The first-order valence-corrected chi connectivity index (χ1v) is 9.28. The minimum atomic E-state index is -1.50. The fraction of sp³-hybridized carbons (Fsp3) is 0.286. The maximum atomic E-state index is 12.7. The Labute approximate surface area is 172 Å². The van der Waals surface area contributed by atoms with Crippen LogP contribution < -0.4 is 10.1 Å². The van der Waals surface area contributed by atoms with E-state index in [-0.39, 0.29) is 19.5 Å². The Hall–Kier alpha value is -3.75. The Morgan fingerprint density at radius 1 is 1.20 bits per heavy atom. The molecular weight excluding hydrogens is 390 g/mol. The average molecular weight is 411 g/mol. The van der Waals surface area contributed by atoms with Gasteiger partial charge in [0, 0.05) is 31.3 Å². The molecule has 0 spiro atoms. The highest BCUT2D eigenvalue weighted by molar-refractivity contribution is 6.19. The standard InChI is InChI=1S/C21H21N3O6/c1-30-16-8-15(9-22-10-16)14-4-2-13(3-5-14)12-24-7-6-17(25)19(21(24)29)20(28)23-11-18(26)27/h2-5,8-10,19H,6-7,11-12H2,1H3,(H,23,28)(H,26,27). The molecule has 156 valence electrons. The second-order valence-electron chi connectivity index (χ2n) is 6.83. The van der Waals surface area contributed by atoms with Gasteiger partial charge in [-0.15, -0.1) is 0 Å². The molecule has 1 aromatic carbocycles. The molecule has 9 nitrogen and oxygen atoms in total. The summed E-state index contributed by atoms with van der Waals surface area (Å²) in [5.41, 5.74) is 2.65. The molecule has 30 heavy (non-hydrogen) atoms. The van der Waals surface area contributed by atoms with Gasteiger partial charge in [-0.25, -0.2) is 0 Å². The zero-order valence-electron chi connectivity index (χ0n) is 16.3. The molecule has 0 radical (unpaired) electrons. The smallest absolute Gasteiger partial charge is 0.322 e. The fourth-order valence-corrected chi connectivity index (χ4v) is 3.21. The lowest BCUT2D eigenvalue weighted by Crippen LogP contribution is -2.52. The van der Waals surface area contributed by atoms with Gasteiger partial charge in [-0.2, -0.15) is 0 Å². The van der Waals surface area contributed by atoms with Gasteiger partial charge < -0.3 is 20.1 Å². The van der Waals surface area contributed by atoms with Crippen LogP contribution in [0.3, 0.4) is 0 Å². The first kappa shape index (κ1) is 21.0. The highest BCUT2D eigenvalue weighted by Gasteiger charge is 2.40. The summed E-state index contributed by atoms with van der Waals surface area (Å²) >= 11 is 0. The van der Waals surface area contributed by atoms with Gasteiger partial charge in [-0.05, 0) is 17.2 Å². The molecule has 1 aliphatic rings. The molecule has 3 rings (SSSR count). The van der Waals surface area contributed by atoms with Crippen LogP contribution in [0.5, 0.6) is 5.75 Å². The summed E-state index contributed by atoms with van der Waals surface area (Å²) in [4.78, 5) is 53.0. The first-order chi connectivity index (χ1) is 14.4. The van der Waals surface area contributed by atoms with Gasteiger partial charge in [-0.1, -0.05) is 24.3 Å². The molecule has 1 fully saturated rings. The van der Waals surface area contributed by atoms with E-state index in [9.17, 15) is 19.2 Å². The number of benzene rings is 1. The second-order valence-corrected chi connectivity index (χ2v) is 6.83. The van der Waals surface area contributed by atoms with Crippen LogP contribution >= 0.6 is 0 Å². The Bertz CT molecular complexity index is 973. The second kappa shape index (κ2) is 9.17. The number of carbonyl (C=O) groups is 4. The molecule has 1 aromatic heterocycles. The summed E-state index contributed by atoms with van der Waals surface area (Å²) in [5.74, 6) is -4.09. The minimum Gasteiger partial charge on any atom is -0.495 e. The molecule has 2 aromatic rings. The van der Waals surface area contributed by atoms with Crippen molar-refractivity contribution in [1.82, 2.24) is 15.2 Å². The van der Waals surface area contributed by atoms with E-state index in [0.717, 1.165) is 16.7 Å². The quantitative estimate of drug-likeness (QED) is 0.648. The zero-order chi connectivity index (χ0) is 21.7. The predicted octanol–water partition coefficient (Wildman–Crippen LogP) is 0.876. The van der Waals surface area contributed by atoms with Gasteiger partial charge in [-0.3, -0.25) is 24.2 Å². The number of nitrogens with one attached hydrogen (secondary N) is 1. The van der Waals surface area contributed by atoms with Crippen LogP contribution in [-0.4, -0.2) is 58.8 Å². The van der Waals surface area contributed by atoms with Crippen LogP contribution in [0.15, 0.2) is 42.7 Å². The number of aliphatic carboxylic acids is 1. The van der Waals surface area contributed by atoms with Gasteiger partial charge >= 0.3 is 5.97 Å². The number of carbonyl (C=O) groups excluding carboxylic acids is 3. The van der Waals surface area contributed by atoms with E-state index in [1.165, 1.54) is 4.90 Å². The number of nitrogens with zero attached hydrogens (tertiary/aromatic N) is 2. The third-order valence-electron chi connectivity index (χ3n) is 4.79. The summed E-state index contributed by atoms with van der Waals surface area (Å²) < 4.78 is 5.18. The Balaban J connectivity index is 1.69. The molecule has 2 heterocycles. The molecular formula is C21H21N3O6. The number of carboxylic acids is 1. The van der Waals surface area contributed by atoms with Crippen LogP contribution in [-0.2, 0) is 25.7 Å². The van der Waals surface area contributed by atoms with Crippen LogP contribution in [0.4, 0.5) is 0 Å². The van der Waals surface area contributed by atoms with Crippen LogP contribution in [0, 0.1) is 5.92 Å². The maximum Gasteiger partial charge on any atom is 0.322 e. The minimum absolute atomic E-state index is 0.0461. The highest BCUT2D eigenvalue weighted by Crippen LogP contribution is 2.24. The number of carboxylic acid groups (broad SMARTS) is 1. The van der Waals surface area contributed by atoms with Crippen molar-refractivity contribution < 1.29 is 29.0 Å². The molecule has 0 saturated carbocycles. The number of methoxy groups -OCH3 is 1. The van der Waals surface area contributed by atoms with E-state index in [4.69, 9.17) is 9.84 Å². The van der Waals surface area contributed by atoms with Gasteiger partial charge in [0.05, 0.1) is 13.3 Å². The molecule has 0 aliphatic carbocycles. The summed E-state index contributed by atoms with van der Waals surface area (Å²) in [7, 11) is 1.57. The van der Waals surface area contributed by atoms with Crippen molar-refractivity contribution in [2.45, 2.75) is 13.0 Å². The van der Waals surface area contributed by atoms with Crippen molar-refractivity contribution in [2.75, 3.05) is 20.2 Å². The Morgan fingerprint density at radius 2 is 1.93 bits per heavy atom. The summed E-state index contributed by atoms with van der Waals surface area (Å²) in [6.07, 6.45) is 3.38. The highest BCUT2D eigenvalue weighted by atomic mass is 16.5. The maximum absolute atomic E-state index is 12.7. The van der Waals surface area contributed by atoms with Gasteiger partial charge in [0.1, 0.15) is 12.3 Å². The normalized spacial score (nSPS) is 16.3. The van der Waals surface area contributed by atoms with E-state index in [1.54, 1.807) is 19.5 Å². The lowest BCUT2D eigenvalue weighted by Gasteiger charge is -2.30. The first-order valence-electron chi connectivity index (χ1n) is 9.28. The van der Waals surface area contributed by atoms with Gasteiger partial charge in [0.2, 0.25) is 11.8 Å². The van der Waals surface area contributed by atoms with Crippen molar-refractivity contribution >= 4 is 23.6 Å². The molecule has 2 N–H and O–H groups in total. The topological polar surface area (TPSA) is 126 Å². The molecule has 9 heteroatoms. The zero-order valence-corrected chi connectivity index (χ0v) is 16.3. The molecule has 1 atom stereocenters. The van der Waals surface area contributed by atoms with Crippen LogP contribution in [0.2, 0.25) is 0 Å². The Morgan fingerprint density at radius 3 is 2.60 bits per heavy atom. The third kappa shape index (κ3) is 4.80. The number of hydrogen-bond acceptors (Lipinski definition) is 6. The summed E-state index contributed by atoms with van der Waals surface area (Å²) in [5, 5.41) is 10.8. The van der Waals surface area contributed by atoms with Crippen molar-refractivity contribution in [1.29, 1.82) is 0 Å². The third-order valence-corrected chi connectivity index (χ3v) is 4.79. The number of piperidine rings is 1. The van der Waals surface area contributed by atoms with E-state index in [2.05, 4.69) is 10.3 Å². The monoisotopic (exact) mass is 411 g/mol. The van der Waals surface area contributed by atoms with Crippen molar-refractivity contribution in [2.24, 2.45) is 5.92 Å². The number of hydrogen-bond donors (Lipinski definition) is 2. The Kier molecular flexibility index (Phi) is 6.41. The summed E-state index contributed by atoms with van der Waals surface area (Å²) in [6.45, 7) is -0.191. The van der Waals surface area contributed by atoms with Crippen molar-refractivity contribution in [3.63, 3.8) is 0 Å². The SMILES string of the molecule is COc1cncc(-c2ccc(CN3CCC(=O)C(C(=O)NCC(=O)O)C3=O)cc2)c1.